The Morgan fingerprint density at radius 2 is 1.11 bits per heavy atom. The lowest BCUT2D eigenvalue weighted by molar-refractivity contribution is 0.794. The number of hydrogen-bond donors (Lipinski definition) is 0. The Labute approximate surface area is 168 Å². The first-order valence-corrected chi connectivity index (χ1v) is 9.77. The molecule has 6 rings (SSSR count). The molecule has 1 spiro atoms. The Morgan fingerprint density at radius 3 is 1.81 bits per heavy atom. The van der Waals surface area contributed by atoms with Gasteiger partial charge in [0.25, 0.3) is 0 Å². The summed E-state index contributed by atoms with van der Waals surface area (Å²) in [7, 11) is 0. The van der Waals surface area contributed by atoms with Gasteiger partial charge in [0.05, 0.1) is 5.41 Å². The fourth-order valence-electron chi connectivity index (χ4n) is 5.12. The molecule has 4 aromatic rings. The van der Waals surface area contributed by atoms with E-state index in [9.17, 15) is 0 Å². The molecule has 0 amide bonds. The molecule has 0 radical (unpaired) electrons. The highest BCUT2D eigenvalue weighted by molar-refractivity contribution is 6.33. The zero-order valence-corrected chi connectivity index (χ0v) is 15.9. The predicted molar refractivity (Wildman–Crippen MR) is 113 cm³/mol. The third-order valence-corrected chi connectivity index (χ3v) is 6.57. The summed E-state index contributed by atoms with van der Waals surface area (Å²) < 4.78 is 0. The van der Waals surface area contributed by atoms with Crippen LogP contribution >= 0.6 is 23.2 Å². The maximum atomic E-state index is 6.87. The van der Waals surface area contributed by atoms with E-state index in [1.807, 2.05) is 18.2 Å². The fraction of sp³-hybridized carbons (Fsp3) is 0.0400. The summed E-state index contributed by atoms with van der Waals surface area (Å²) in [6.07, 6.45) is 0. The van der Waals surface area contributed by atoms with Gasteiger partial charge in [0.2, 0.25) is 0 Å². The second-order valence-corrected chi connectivity index (χ2v) is 8.04. The van der Waals surface area contributed by atoms with Crippen molar-refractivity contribution in [2.24, 2.45) is 0 Å². The first-order valence-electron chi connectivity index (χ1n) is 9.01. The first-order chi connectivity index (χ1) is 13.2. The zero-order valence-electron chi connectivity index (χ0n) is 14.3. The van der Waals surface area contributed by atoms with Crippen molar-refractivity contribution in [1.82, 2.24) is 0 Å². The molecule has 2 aliphatic carbocycles. The van der Waals surface area contributed by atoms with Crippen LogP contribution < -0.4 is 0 Å². The molecular formula is C25H14Cl2. The number of halogens is 2. The maximum absolute atomic E-state index is 6.87. The molecule has 0 saturated carbocycles. The van der Waals surface area contributed by atoms with E-state index < -0.39 is 5.41 Å². The van der Waals surface area contributed by atoms with Crippen molar-refractivity contribution < 1.29 is 0 Å². The zero-order chi connectivity index (χ0) is 18.2. The summed E-state index contributed by atoms with van der Waals surface area (Å²) in [5.74, 6) is 0. The van der Waals surface area contributed by atoms with Gasteiger partial charge in [-0.15, -0.1) is 0 Å². The molecule has 0 N–H and O–H groups in total. The fourth-order valence-corrected chi connectivity index (χ4v) is 5.61. The van der Waals surface area contributed by atoms with E-state index in [2.05, 4.69) is 66.7 Å². The van der Waals surface area contributed by atoms with E-state index in [1.165, 1.54) is 44.5 Å². The summed E-state index contributed by atoms with van der Waals surface area (Å²) in [4.78, 5) is 0. The molecule has 27 heavy (non-hydrogen) atoms. The van der Waals surface area contributed by atoms with Gasteiger partial charge in [-0.05, 0) is 62.7 Å². The van der Waals surface area contributed by atoms with Gasteiger partial charge in [-0.1, -0.05) is 89.9 Å². The van der Waals surface area contributed by atoms with Gasteiger partial charge in [-0.25, -0.2) is 0 Å². The smallest absolute Gasteiger partial charge is 0.0740 e. The number of fused-ring (bicyclic) bond motifs is 10. The molecule has 0 atom stereocenters. The molecule has 0 heterocycles. The van der Waals surface area contributed by atoms with Crippen LogP contribution in [0.1, 0.15) is 22.3 Å². The first kappa shape index (κ1) is 15.5. The van der Waals surface area contributed by atoms with Crippen LogP contribution in [0, 0.1) is 0 Å². The van der Waals surface area contributed by atoms with E-state index >= 15 is 0 Å². The van der Waals surface area contributed by atoms with Crippen LogP contribution in [0.4, 0.5) is 0 Å². The van der Waals surface area contributed by atoms with Crippen molar-refractivity contribution in [3.8, 4) is 22.3 Å². The Morgan fingerprint density at radius 1 is 0.519 bits per heavy atom. The monoisotopic (exact) mass is 384 g/mol. The van der Waals surface area contributed by atoms with Crippen LogP contribution in [-0.2, 0) is 5.41 Å². The topological polar surface area (TPSA) is 0 Å². The molecule has 2 aliphatic rings. The van der Waals surface area contributed by atoms with Crippen molar-refractivity contribution in [2.75, 3.05) is 0 Å². The predicted octanol–water partition coefficient (Wildman–Crippen LogP) is 7.34. The van der Waals surface area contributed by atoms with Gasteiger partial charge < -0.3 is 0 Å². The standard InChI is InChI=1S/C25H14Cl2/c26-15-12-13-18-19-8-5-11-23(27)24(19)25(22(18)14-15)20-9-3-1-6-16(20)17-7-2-4-10-21(17)25/h1-14H. The second-order valence-electron chi connectivity index (χ2n) is 7.19. The van der Waals surface area contributed by atoms with Crippen molar-refractivity contribution in [1.29, 1.82) is 0 Å². The largest absolute Gasteiger partial charge is 0.0843 e. The van der Waals surface area contributed by atoms with Crippen LogP contribution in [0.15, 0.2) is 84.9 Å². The van der Waals surface area contributed by atoms with Crippen LogP contribution in [-0.4, -0.2) is 0 Å². The van der Waals surface area contributed by atoms with Crippen LogP contribution in [0.2, 0.25) is 10.0 Å². The molecule has 128 valence electrons. The summed E-state index contributed by atoms with van der Waals surface area (Å²) in [5.41, 5.74) is 9.48. The SMILES string of the molecule is Clc1ccc2c(c1)C1(c3ccccc3-c3ccccc31)c1c(Cl)cccc1-2. The van der Waals surface area contributed by atoms with Crippen molar-refractivity contribution in [3.63, 3.8) is 0 Å². The van der Waals surface area contributed by atoms with E-state index in [-0.39, 0.29) is 0 Å². The van der Waals surface area contributed by atoms with Gasteiger partial charge >= 0.3 is 0 Å². The molecule has 0 fully saturated rings. The van der Waals surface area contributed by atoms with Crippen LogP contribution in [0.3, 0.4) is 0 Å². The summed E-state index contributed by atoms with van der Waals surface area (Å²) >= 11 is 13.4. The lowest BCUT2D eigenvalue weighted by Gasteiger charge is -2.31. The third-order valence-electron chi connectivity index (χ3n) is 6.02. The summed E-state index contributed by atoms with van der Waals surface area (Å²) in [6.45, 7) is 0. The highest BCUT2D eigenvalue weighted by atomic mass is 35.5. The molecule has 0 unspecified atom stereocenters. The minimum Gasteiger partial charge on any atom is -0.0843 e. The van der Waals surface area contributed by atoms with E-state index in [4.69, 9.17) is 23.2 Å². The number of benzene rings is 4. The molecule has 0 bridgehead atoms. The second kappa shape index (κ2) is 5.25. The number of hydrogen-bond acceptors (Lipinski definition) is 0. The quantitative estimate of drug-likeness (QED) is 0.257. The Bertz CT molecular complexity index is 1210. The normalized spacial score (nSPS) is 14.6. The molecule has 0 aromatic heterocycles. The van der Waals surface area contributed by atoms with Crippen molar-refractivity contribution in [2.45, 2.75) is 5.41 Å². The molecular weight excluding hydrogens is 371 g/mol. The van der Waals surface area contributed by atoms with Crippen molar-refractivity contribution >= 4 is 23.2 Å². The summed E-state index contributed by atoms with van der Waals surface area (Å²) in [5, 5.41) is 1.55. The third kappa shape index (κ3) is 1.76. The lowest BCUT2D eigenvalue weighted by Crippen LogP contribution is -2.26. The molecule has 0 nitrogen and oxygen atoms in total. The van der Waals surface area contributed by atoms with Gasteiger partial charge in [0.15, 0.2) is 0 Å². The van der Waals surface area contributed by atoms with Gasteiger partial charge in [0.1, 0.15) is 0 Å². The lowest BCUT2D eigenvalue weighted by atomic mass is 9.70. The maximum Gasteiger partial charge on any atom is 0.0740 e. The van der Waals surface area contributed by atoms with Crippen LogP contribution in [0.5, 0.6) is 0 Å². The Balaban J connectivity index is 1.90. The minimum absolute atomic E-state index is 0.416. The van der Waals surface area contributed by atoms with Gasteiger partial charge in [-0.3, -0.25) is 0 Å². The Hall–Kier alpha value is -2.54. The van der Waals surface area contributed by atoms with E-state index in [0.717, 1.165) is 10.0 Å². The van der Waals surface area contributed by atoms with E-state index in [0.29, 0.717) is 0 Å². The summed E-state index contributed by atoms with van der Waals surface area (Å²) in [6, 6.07) is 29.8. The Kier molecular flexibility index (Phi) is 3.02. The minimum atomic E-state index is -0.416. The van der Waals surface area contributed by atoms with Crippen molar-refractivity contribution in [3.05, 3.63) is 117 Å². The van der Waals surface area contributed by atoms with Gasteiger partial charge in [0, 0.05) is 10.0 Å². The van der Waals surface area contributed by atoms with E-state index in [1.54, 1.807) is 0 Å². The number of rotatable bonds is 0. The highest BCUT2D eigenvalue weighted by Crippen LogP contribution is 2.64. The molecule has 2 heteroatoms. The van der Waals surface area contributed by atoms with Gasteiger partial charge in [-0.2, -0.15) is 0 Å². The molecule has 0 aliphatic heterocycles. The highest BCUT2D eigenvalue weighted by Gasteiger charge is 2.52. The van der Waals surface area contributed by atoms with Crippen LogP contribution in [0.25, 0.3) is 22.3 Å². The molecule has 4 aromatic carbocycles. The average Bonchev–Trinajstić information content (AvgIpc) is 3.15. The molecule has 0 saturated heterocycles. The average molecular weight is 385 g/mol.